The fourth-order valence-electron chi connectivity index (χ4n) is 6.36. The Balaban J connectivity index is 0.00000221. The van der Waals surface area contributed by atoms with Crippen LogP contribution in [0.15, 0.2) is 103 Å². The van der Waals surface area contributed by atoms with Crippen LogP contribution in [0.4, 0.5) is 0 Å². The van der Waals surface area contributed by atoms with Crippen LogP contribution < -0.4 is 28.1 Å². The Morgan fingerprint density at radius 3 is 1.95 bits per heavy atom. The molecule has 4 aromatic carbocycles. The fourth-order valence-corrected chi connectivity index (χ4v) is 14.8. The van der Waals surface area contributed by atoms with Crippen LogP contribution in [0.2, 0.25) is 8.65 Å². The monoisotopic (exact) mass is 716 g/mol. The maximum absolute atomic E-state index is 6.68. The van der Waals surface area contributed by atoms with E-state index in [9.17, 15) is 0 Å². The predicted molar refractivity (Wildman–Crippen MR) is 180 cm³/mol. The average molecular weight is 719 g/mol. The van der Waals surface area contributed by atoms with Crippen molar-refractivity contribution in [3.05, 3.63) is 147 Å². The minimum atomic E-state index is -2.73. The zero-order valence-corrected chi connectivity index (χ0v) is 31.5. The van der Waals surface area contributed by atoms with E-state index in [-0.39, 0.29) is 35.6 Å². The van der Waals surface area contributed by atoms with E-state index in [4.69, 9.17) is 11.6 Å². The molecule has 0 spiro atoms. The van der Waals surface area contributed by atoms with Crippen molar-refractivity contribution in [3.63, 3.8) is 0 Å². The van der Waals surface area contributed by atoms with Gasteiger partial charge in [-0.2, -0.15) is 0 Å². The maximum Gasteiger partial charge on any atom is -1.00 e. The van der Waals surface area contributed by atoms with E-state index >= 15 is 0 Å². The summed E-state index contributed by atoms with van der Waals surface area (Å²) in [5, 5.41) is 0.799. The van der Waals surface area contributed by atoms with Crippen molar-refractivity contribution < 1.29 is 46.1 Å². The molecule has 4 aromatic rings. The van der Waals surface area contributed by atoms with Crippen LogP contribution in [0.3, 0.4) is 0 Å². The molecule has 0 N–H and O–H groups in total. The Morgan fingerprint density at radius 2 is 1.34 bits per heavy atom. The number of allylic oxidation sites excluding steroid dienone is 4. The van der Waals surface area contributed by atoms with Gasteiger partial charge >= 0.3 is 267 Å². The molecule has 0 amide bonds. The molecule has 0 saturated heterocycles. The zero-order chi connectivity index (χ0) is 29.8. The van der Waals surface area contributed by atoms with Crippen molar-refractivity contribution in [1.82, 2.24) is 0 Å². The van der Waals surface area contributed by atoms with E-state index in [1.54, 1.807) is 8.83 Å². The van der Waals surface area contributed by atoms with E-state index in [0.29, 0.717) is 3.63 Å². The van der Waals surface area contributed by atoms with Crippen molar-refractivity contribution in [1.29, 1.82) is 0 Å². The zero-order valence-electron chi connectivity index (χ0n) is 26.7. The fraction of sp³-hybridized carbons (Fsp3) is 0.275. The van der Waals surface area contributed by atoms with Crippen molar-refractivity contribution in [3.8, 4) is 11.1 Å². The van der Waals surface area contributed by atoms with Gasteiger partial charge in [0, 0.05) is 0 Å². The third kappa shape index (κ3) is 6.88. The summed E-state index contributed by atoms with van der Waals surface area (Å²) in [4.78, 5) is 0. The Bertz CT molecular complexity index is 1770. The molecule has 2 aliphatic rings. The molecule has 0 saturated carbocycles. The number of rotatable bonds is 4. The molecule has 0 nitrogen and oxygen atoms in total. The first kappa shape index (κ1) is 34.8. The molecular weight excluding hydrogens is 678 g/mol. The largest absolute Gasteiger partial charge is 1.00 e. The number of hydrogen-bond acceptors (Lipinski definition) is 0. The van der Waals surface area contributed by atoms with Crippen molar-refractivity contribution >= 4 is 18.1 Å². The Labute approximate surface area is 289 Å². The third-order valence-electron chi connectivity index (χ3n) is 8.84. The van der Waals surface area contributed by atoms with Crippen molar-refractivity contribution in [2.24, 2.45) is 0 Å². The van der Waals surface area contributed by atoms with Crippen LogP contribution in [0.1, 0.15) is 80.5 Å². The molecule has 6 rings (SSSR count). The second kappa shape index (κ2) is 13.4. The van der Waals surface area contributed by atoms with Gasteiger partial charge in [-0.3, -0.25) is 0 Å². The van der Waals surface area contributed by atoms with Gasteiger partial charge < -0.3 is 24.8 Å². The summed E-state index contributed by atoms with van der Waals surface area (Å²) >= 11 is 3.96. The smallest absolute Gasteiger partial charge is 1.00 e. The number of fused-ring (bicyclic) bond motifs is 3. The maximum atomic E-state index is 6.68. The van der Waals surface area contributed by atoms with E-state index in [1.807, 2.05) is 6.07 Å². The van der Waals surface area contributed by atoms with Gasteiger partial charge in [0.05, 0.1) is 0 Å². The molecule has 0 fully saturated rings. The standard InChI is InChI=1S/C21H25.C14H11Cl.C5H5.2ClH.Zr/c1-20(2,3)16-9-7-14-11-15-8-10-17(21(4,5)6)13-19(15)18(14)12-16;1-11-5-7-12(8-6-11)9-13-3-2-4-14(15)10-13;1-2-4-5-3-1;;;/h7,9-10,12-13H,11H2,1-6H3;2-8,10H,1H3;1-5H;2*1H;/q;;;;;+2/p-2. The van der Waals surface area contributed by atoms with Gasteiger partial charge in [-0.15, -0.1) is 0 Å². The number of benzene rings is 4. The van der Waals surface area contributed by atoms with Gasteiger partial charge in [-0.1, -0.05) is 0 Å². The molecule has 0 heterocycles. The summed E-state index contributed by atoms with van der Waals surface area (Å²) in [5.41, 5.74) is 12.8. The predicted octanol–water partition coefficient (Wildman–Crippen LogP) is 4.25. The normalized spacial score (nSPS) is 14.0. The van der Waals surface area contributed by atoms with E-state index < -0.39 is 21.3 Å². The minimum Gasteiger partial charge on any atom is -1.00 e. The number of aryl methyl sites for hydroxylation is 1. The Morgan fingerprint density at radius 1 is 0.705 bits per heavy atom. The first-order chi connectivity index (χ1) is 19.9. The Hall–Kier alpha value is -2.02. The summed E-state index contributed by atoms with van der Waals surface area (Å²) in [5.74, 6) is 0. The quantitative estimate of drug-likeness (QED) is 0.261. The SMILES string of the molecule is Cc1ccc([C](c2cccc(Cl)c2)=[Zr+2]([c]2cc(C(C)(C)C)cc3c2Cc2ccc(C(C)(C)C)cc2-3)[CH]2C=CC=C2)cc1.[Cl-].[Cl-]. The van der Waals surface area contributed by atoms with Gasteiger partial charge in [0.1, 0.15) is 0 Å². The van der Waals surface area contributed by atoms with Gasteiger partial charge in [0.2, 0.25) is 0 Å². The van der Waals surface area contributed by atoms with Crippen LogP contribution in [0, 0.1) is 6.92 Å². The summed E-state index contributed by atoms with van der Waals surface area (Å²) in [6, 6.07) is 30.2. The van der Waals surface area contributed by atoms with Crippen LogP contribution in [0.5, 0.6) is 0 Å². The van der Waals surface area contributed by atoms with Gasteiger partial charge in [-0.25, -0.2) is 0 Å². The Kier molecular flexibility index (Phi) is 10.6. The molecule has 226 valence electrons. The summed E-state index contributed by atoms with van der Waals surface area (Å²) < 4.78 is 3.60. The topological polar surface area (TPSA) is 0 Å². The van der Waals surface area contributed by atoms with Gasteiger partial charge in [0.15, 0.2) is 0 Å². The second-order valence-electron chi connectivity index (χ2n) is 14.1. The molecule has 0 atom stereocenters. The van der Waals surface area contributed by atoms with Crippen LogP contribution in [-0.4, -0.2) is 3.21 Å². The molecule has 4 heteroatoms. The van der Waals surface area contributed by atoms with Crippen molar-refractivity contribution in [2.45, 2.75) is 69.3 Å². The molecule has 0 aliphatic heterocycles. The first-order valence-electron chi connectivity index (χ1n) is 15.1. The molecule has 44 heavy (non-hydrogen) atoms. The summed E-state index contributed by atoms with van der Waals surface area (Å²) in [6.45, 7) is 16.2. The summed E-state index contributed by atoms with van der Waals surface area (Å²) in [7, 11) is 0. The van der Waals surface area contributed by atoms with Crippen LogP contribution in [-0.2, 0) is 38.5 Å². The van der Waals surface area contributed by atoms with Crippen molar-refractivity contribution in [2.75, 3.05) is 0 Å². The molecule has 2 aliphatic carbocycles. The molecular formula is C40H41Cl3Zr. The second-order valence-corrected chi connectivity index (χ2v) is 20.7. The summed E-state index contributed by atoms with van der Waals surface area (Å²) in [6.07, 6.45) is 10.4. The van der Waals surface area contributed by atoms with E-state index in [1.165, 1.54) is 47.7 Å². The first-order valence-corrected chi connectivity index (χ1v) is 19.4. The third-order valence-corrected chi connectivity index (χ3v) is 16.9. The minimum absolute atomic E-state index is 0. The van der Waals surface area contributed by atoms with Gasteiger partial charge in [0.25, 0.3) is 0 Å². The average Bonchev–Trinajstić information content (AvgIpc) is 3.59. The van der Waals surface area contributed by atoms with Crippen LogP contribution in [0.25, 0.3) is 11.1 Å². The number of halogens is 3. The van der Waals surface area contributed by atoms with E-state index in [0.717, 1.165) is 11.4 Å². The number of hydrogen-bond donors (Lipinski definition) is 0. The molecule has 0 unspecified atom stereocenters. The van der Waals surface area contributed by atoms with E-state index in [2.05, 4.69) is 146 Å². The molecule has 0 bridgehead atoms. The van der Waals surface area contributed by atoms with Gasteiger partial charge in [-0.05, 0) is 0 Å². The molecule has 0 radical (unpaired) electrons. The van der Waals surface area contributed by atoms with Crippen LogP contribution >= 0.6 is 11.6 Å². The molecule has 0 aromatic heterocycles.